The number of thiazole rings is 1. The number of fused-ring (bicyclic) bond motifs is 1. The van der Waals surface area contributed by atoms with Gasteiger partial charge >= 0.3 is 0 Å². The van der Waals surface area contributed by atoms with Gasteiger partial charge in [-0.3, -0.25) is 19.7 Å². The molecule has 0 atom stereocenters. The van der Waals surface area contributed by atoms with Crippen molar-refractivity contribution in [3.63, 3.8) is 0 Å². The van der Waals surface area contributed by atoms with Crippen molar-refractivity contribution in [3.8, 4) is 5.75 Å². The van der Waals surface area contributed by atoms with Gasteiger partial charge in [0.2, 0.25) is 5.91 Å². The number of amides is 2. The zero-order valence-electron chi connectivity index (χ0n) is 17.8. The summed E-state index contributed by atoms with van der Waals surface area (Å²) >= 11 is 2.74. The van der Waals surface area contributed by atoms with Crippen LogP contribution < -0.4 is 15.4 Å². The van der Waals surface area contributed by atoms with Gasteiger partial charge < -0.3 is 15.4 Å². The number of nitro groups is 1. The van der Waals surface area contributed by atoms with Crippen molar-refractivity contribution in [2.24, 2.45) is 0 Å². The maximum absolute atomic E-state index is 12.5. The third-order valence-corrected chi connectivity index (χ3v) is 6.84. The van der Waals surface area contributed by atoms with Crippen molar-refractivity contribution in [2.75, 3.05) is 23.5 Å². The van der Waals surface area contributed by atoms with Crippen LogP contribution in [0.2, 0.25) is 0 Å². The first-order valence-corrected chi connectivity index (χ1v) is 11.8. The molecule has 0 unspecified atom stereocenters. The molecule has 0 saturated carbocycles. The highest BCUT2D eigenvalue weighted by atomic mass is 32.2. The maximum Gasteiger partial charge on any atom is 0.269 e. The Bertz CT molecular complexity index is 1370. The lowest BCUT2D eigenvalue weighted by atomic mass is 10.2. The Labute approximate surface area is 202 Å². The molecular formula is C23H18N4O5S2. The van der Waals surface area contributed by atoms with Gasteiger partial charge in [0.25, 0.3) is 11.6 Å². The van der Waals surface area contributed by atoms with Crippen LogP contribution in [0.4, 0.5) is 17.1 Å². The van der Waals surface area contributed by atoms with Crippen LogP contribution in [0.25, 0.3) is 10.2 Å². The molecule has 1 heterocycles. The fraction of sp³-hybridized carbons (Fsp3) is 0.0870. The monoisotopic (exact) mass is 494 g/mol. The van der Waals surface area contributed by atoms with Gasteiger partial charge in [-0.25, -0.2) is 4.98 Å². The molecule has 4 rings (SSSR count). The summed E-state index contributed by atoms with van der Waals surface area (Å²) in [4.78, 5) is 39.6. The summed E-state index contributed by atoms with van der Waals surface area (Å²) in [7, 11) is 1.55. The summed E-state index contributed by atoms with van der Waals surface area (Å²) in [5.41, 5.74) is 2.17. The molecular weight excluding hydrogens is 476 g/mol. The van der Waals surface area contributed by atoms with Crippen LogP contribution in [0, 0.1) is 10.1 Å². The SMILES string of the molecule is COc1ccccc1NC(=O)CSc1nc2ccc(NC(=O)c3ccc([N+](=O)[O-])cc3)cc2s1. The lowest BCUT2D eigenvalue weighted by Gasteiger charge is -2.09. The second-order valence-electron chi connectivity index (χ2n) is 6.96. The van der Waals surface area contributed by atoms with E-state index in [1.807, 2.05) is 12.1 Å². The van der Waals surface area contributed by atoms with Crippen molar-refractivity contribution in [1.29, 1.82) is 0 Å². The topological polar surface area (TPSA) is 123 Å². The Morgan fingerprint density at radius 1 is 1.09 bits per heavy atom. The van der Waals surface area contributed by atoms with Gasteiger partial charge in [-0.15, -0.1) is 11.3 Å². The molecule has 0 aliphatic rings. The molecule has 34 heavy (non-hydrogen) atoms. The highest BCUT2D eigenvalue weighted by Crippen LogP contribution is 2.32. The highest BCUT2D eigenvalue weighted by molar-refractivity contribution is 8.01. The van der Waals surface area contributed by atoms with Crippen molar-refractivity contribution >= 4 is 62.2 Å². The predicted molar refractivity (Wildman–Crippen MR) is 133 cm³/mol. The van der Waals surface area contributed by atoms with Crippen LogP contribution in [0.3, 0.4) is 0 Å². The second kappa shape index (κ2) is 10.3. The van der Waals surface area contributed by atoms with E-state index in [2.05, 4.69) is 15.6 Å². The van der Waals surface area contributed by atoms with Crippen molar-refractivity contribution < 1.29 is 19.2 Å². The van der Waals surface area contributed by atoms with Crippen LogP contribution in [0.15, 0.2) is 71.1 Å². The third-order valence-electron chi connectivity index (χ3n) is 4.67. The summed E-state index contributed by atoms with van der Waals surface area (Å²) < 4.78 is 6.82. The standard InChI is InChI=1S/C23H18N4O5S2/c1-32-19-5-3-2-4-17(19)25-21(28)13-33-23-26-18-11-8-15(12-20(18)34-23)24-22(29)14-6-9-16(10-7-14)27(30)31/h2-12H,13H2,1H3,(H,24,29)(H,25,28). The number of rotatable bonds is 8. The van der Waals surface area contributed by atoms with E-state index < -0.39 is 4.92 Å². The van der Waals surface area contributed by atoms with E-state index >= 15 is 0 Å². The van der Waals surface area contributed by atoms with Gasteiger partial charge in [0.15, 0.2) is 4.34 Å². The lowest BCUT2D eigenvalue weighted by Crippen LogP contribution is -2.14. The van der Waals surface area contributed by atoms with Crippen molar-refractivity contribution in [2.45, 2.75) is 4.34 Å². The molecule has 2 amide bonds. The molecule has 0 saturated heterocycles. The van der Waals surface area contributed by atoms with E-state index in [9.17, 15) is 19.7 Å². The molecule has 0 aliphatic heterocycles. The summed E-state index contributed by atoms with van der Waals surface area (Å²) in [5, 5.41) is 16.4. The number of nitrogens with zero attached hydrogens (tertiary/aromatic N) is 2. The Hall–Kier alpha value is -3.96. The first kappa shape index (κ1) is 23.2. The summed E-state index contributed by atoms with van der Waals surface area (Å²) in [6.45, 7) is 0. The van der Waals surface area contributed by atoms with E-state index in [0.717, 1.165) is 14.6 Å². The number of para-hydroxylation sites is 2. The Morgan fingerprint density at radius 3 is 2.59 bits per heavy atom. The largest absolute Gasteiger partial charge is 0.495 e. The van der Waals surface area contributed by atoms with E-state index in [-0.39, 0.29) is 23.3 Å². The maximum atomic E-state index is 12.5. The summed E-state index contributed by atoms with van der Waals surface area (Å²) in [6, 6.07) is 17.9. The quantitative estimate of drug-likeness (QED) is 0.196. The van der Waals surface area contributed by atoms with Crippen molar-refractivity contribution in [1.82, 2.24) is 4.98 Å². The number of methoxy groups -OCH3 is 1. The van der Waals surface area contributed by atoms with Crippen LogP contribution in [-0.4, -0.2) is 34.6 Å². The number of nitrogens with one attached hydrogen (secondary N) is 2. The zero-order valence-corrected chi connectivity index (χ0v) is 19.4. The molecule has 0 spiro atoms. The number of ether oxygens (including phenoxy) is 1. The average molecular weight is 495 g/mol. The van der Waals surface area contributed by atoms with E-state index in [1.54, 1.807) is 37.4 Å². The zero-order chi connectivity index (χ0) is 24.1. The molecule has 0 aliphatic carbocycles. The van der Waals surface area contributed by atoms with Gasteiger partial charge in [0.05, 0.1) is 33.7 Å². The van der Waals surface area contributed by atoms with Gasteiger partial charge in [-0.05, 0) is 42.5 Å². The van der Waals surface area contributed by atoms with Gasteiger partial charge in [0.1, 0.15) is 5.75 Å². The second-order valence-corrected chi connectivity index (χ2v) is 9.21. The van der Waals surface area contributed by atoms with Crippen LogP contribution in [-0.2, 0) is 4.79 Å². The first-order valence-electron chi connectivity index (χ1n) is 9.95. The number of nitro benzene ring substituents is 1. The van der Waals surface area contributed by atoms with E-state index in [1.165, 1.54) is 47.4 Å². The fourth-order valence-electron chi connectivity index (χ4n) is 3.04. The molecule has 0 radical (unpaired) electrons. The smallest absolute Gasteiger partial charge is 0.269 e. The molecule has 1 aromatic heterocycles. The highest BCUT2D eigenvalue weighted by Gasteiger charge is 2.13. The molecule has 2 N–H and O–H groups in total. The molecule has 0 bridgehead atoms. The number of carbonyl (C=O) groups excluding carboxylic acids is 2. The molecule has 4 aromatic rings. The number of hydrogen-bond acceptors (Lipinski definition) is 8. The number of benzene rings is 3. The summed E-state index contributed by atoms with van der Waals surface area (Å²) in [5.74, 6) is 0.219. The lowest BCUT2D eigenvalue weighted by molar-refractivity contribution is -0.384. The minimum Gasteiger partial charge on any atom is -0.495 e. The number of hydrogen-bond donors (Lipinski definition) is 2. The van der Waals surface area contributed by atoms with Crippen LogP contribution in [0.5, 0.6) is 5.75 Å². The van der Waals surface area contributed by atoms with Gasteiger partial charge in [-0.2, -0.15) is 0 Å². The fourth-order valence-corrected chi connectivity index (χ4v) is 4.95. The number of anilines is 2. The van der Waals surface area contributed by atoms with Crippen molar-refractivity contribution in [3.05, 3.63) is 82.4 Å². The van der Waals surface area contributed by atoms with Gasteiger partial charge in [0, 0.05) is 23.4 Å². The normalized spacial score (nSPS) is 10.6. The van der Waals surface area contributed by atoms with Gasteiger partial charge in [-0.1, -0.05) is 23.9 Å². The van der Waals surface area contributed by atoms with Crippen LogP contribution >= 0.6 is 23.1 Å². The third kappa shape index (κ3) is 5.50. The van der Waals surface area contributed by atoms with E-state index in [0.29, 0.717) is 22.7 Å². The molecule has 3 aromatic carbocycles. The molecule has 172 valence electrons. The minimum atomic E-state index is -0.517. The van der Waals surface area contributed by atoms with E-state index in [4.69, 9.17) is 4.74 Å². The average Bonchev–Trinajstić information content (AvgIpc) is 3.25. The van der Waals surface area contributed by atoms with Crippen LogP contribution in [0.1, 0.15) is 10.4 Å². The summed E-state index contributed by atoms with van der Waals surface area (Å²) in [6.07, 6.45) is 0. The number of aromatic nitrogens is 1. The Balaban J connectivity index is 1.38. The number of thioether (sulfide) groups is 1. The minimum absolute atomic E-state index is 0.0794. The molecule has 9 nitrogen and oxygen atoms in total. The first-order chi connectivity index (χ1) is 16.4. The molecule has 0 fully saturated rings. The molecule has 11 heteroatoms. The number of carbonyl (C=O) groups is 2. The predicted octanol–water partition coefficient (Wildman–Crippen LogP) is 5.20. The Kier molecular flexibility index (Phi) is 7.04. The number of non-ortho nitro benzene ring substituents is 1. The Morgan fingerprint density at radius 2 is 1.85 bits per heavy atom.